The third kappa shape index (κ3) is 2.59. The van der Waals surface area contributed by atoms with E-state index in [2.05, 4.69) is 15.3 Å². The molecule has 3 aromatic heterocycles. The molecule has 0 bridgehead atoms. The summed E-state index contributed by atoms with van der Waals surface area (Å²) in [5.41, 5.74) is 3.41. The number of non-ortho nitro benzene ring substituents is 1. The fourth-order valence-electron chi connectivity index (χ4n) is 2.36. The van der Waals surface area contributed by atoms with Crippen molar-refractivity contribution in [1.82, 2.24) is 14.4 Å². The Morgan fingerprint density at radius 2 is 2.00 bits per heavy atom. The van der Waals surface area contributed by atoms with Gasteiger partial charge in [-0.1, -0.05) is 6.07 Å². The third-order valence-electron chi connectivity index (χ3n) is 3.51. The van der Waals surface area contributed by atoms with Crippen molar-refractivity contribution < 1.29 is 4.92 Å². The molecule has 7 nitrogen and oxygen atoms in total. The van der Waals surface area contributed by atoms with E-state index < -0.39 is 4.92 Å². The normalized spacial score (nSPS) is 10.8. The van der Waals surface area contributed by atoms with Gasteiger partial charge in [0.2, 0.25) is 0 Å². The van der Waals surface area contributed by atoms with Gasteiger partial charge in [0.1, 0.15) is 11.3 Å². The number of benzene rings is 1. The molecule has 0 fully saturated rings. The summed E-state index contributed by atoms with van der Waals surface area (Å²) >= 11 is 1.46. The fourth-order valence-corrected chi connectivity index (χ4v) is 3.09. The van der Waals surface area contributed by atoms with E-state index >= 15 is 0 Å². The van der Waals surface area contributed by atoms with E-state index in [1.807, 2.05) is 34.2 Å². The molecule has 118 valence electrons. The van der Waals surface area contributed by atoms with Crippen LogP contribution in [-0.2, 0) is 0 Å². The van der Waals surface area contributed by atoms with Gasteiger partial charge in [-0.05, 0) is 24.3 Å². The monoisotopic (exact) mass is 337 g/mol. The zero-order chi connectivity index (χ0) is 16.5. The van der Waals surface area contributed by atoms with Crippen LogP contribution in [0.3, 0.4) is 0 Å². The Bertz CT molecular complexity index is 1020. The lowest BCUT2D eigenvalue weighted by molar-refractivity contribution is -0.384. The largest absolute Gasteiger partial charge is 0.332 e. The Kier molecular flexibility index (Phi) is 3.43. The standard InChI is InChI=1S/C16H11N5O2S/c22-21(23)12-6-4-11(5-7-12)18-16-19-13(10-24-16)14-9-17-15-3-1-2-8-20(14)15/h1-10H,(H,18,19). The van der Waals surface area contributed by atoms with Gasteiger partial charge in [0.25, 0.3) is 5.69 Å². The highest BCUT2D eigenvalue weighted by atomic mass is 32.1. The molecule has 0 saturated heterocycles. The lowest BCUT2D eigenvalue weighted by atomic mass is 10.3. The van der Waals surface area contributed by atoms with Crippen LogP contribution in [0, 0.1) is 10.1 Å². The summed E-state index contributed by atoms with van der Waals surface area (Å²) in [5.74, 6) is 0. The second kappa shape index (κ2) is 5.74. The number of nitro benzene ring substituents is 1. The first-order valence-electron chi connectivity index (χ1n) is 7.10. The van der Waals surface area contributed by atoms with Crippen molar-refractivity contribution in [3.63, 3.8) is 0 Å². The highest BCUT2D eigenvalue weighted by Gasteiger charge is 2.10. The lowest BCUT2D eigenvalue weighted by Gasteiger charge is -2.01. The number of thiazole rings is 1. The van der Waals surface area contributed by atoms with Gasteiger partial charge in [0, 0.05) is 29.4 Å². The Morgan fingerprint density at radius 3 is 2.79 bits per heavy atom. The Labute approximate surface area is 140 Å². The number of nitrogens with one attached hydrogen (secondary N) is 1. The first-order valence-corrected chi connectivity index (χ1v) is 7.98. The summed E-state index contributed by atoms with van der Waals surface area (Å²) in [7, 11) is 0. The molecule has 3 heterocycles. The number of hydrogen-bond donors (Lipinski definition) is 1. The molecule has 0 unspecified atom stereocenters. The number of aromatic nitrogens is 3. The number of anilines is 2. The molecule has 0 aliphatic heterocycles. The molecule has 4 rings (SSSR count). The van der Waals surface area contributed by atoms with E-state index in [0.29, 0.717) is 5.13 Å². The lowest BCUT2D eigenvalue weighted by Crippen LogP contribution is -1.92. The molecular weight excluding hydrogens is 326 g/mol. The number of nitrogens with zero attached hydrogens (tertiary/aromatic N) is 4. The van der Waals surface area contributed by atoms with Gasteiger partial charge in [-0.15, -0.1) is 11.3 Å². The molecule has 0 amide bonds. The molecule has 8 heteroatoms. The van der Waals surface area contributed by atoms with Crippen molar-refractivity contribution in [1.29, 1.82) is 0 Å². The topological polar surface area (TPSA) is 85.4 Å². The Hall–Kier alpha value is -3.26. The van der Waals surface area contributed by atoms with Crippen molar-refractivity contribution in [2.24, 2.45) is 0 Å². The maximum absolute atomic E-state index is 10.7. The molecule has 4 aromatic rings. The van der Waals surface area contributed by atoms with Crippen LogP contribution in [0.1, 0.15) is 0 Å². The number of fused-ring (bicyclic) bond motifs is 1. The zero-order valence-electron chi connectivity index (χ0n) is 12.3. The van der Waals surface area contributed by atoms with E-state index in [1.54, 1.807) is 18.3 Å². The predicted octanol–water partition coefficient (Wildman–Crippen LogP) is 4.11. The van der Waals surface area contributed by atoms with Gasteiger partial charge in [-0.25, -0.2) is 9.97 Å². The molecule has 1 N–H and O–H groups in total. The van der Waals surface area contributed by atoms with E-state index in [-0.39, 0.29) is 5.69 Å². The minimum atomic E-state index is -0.421. The quantitative estimate of drug-likeness (QED) is 0.447. The van der Waals surface area contributed by atoms with Gasteiger partial charge < -0.3 is 5.32 Å². The van der Waals surface area contributed by atoms with Crippen molar-refractivity contribution in [2.75, 3.05) is 5.32 Å². The van der Waals surface area contributed by atoms with Crippen LogP contribution < -0.4 is 5.32 Å². The molecule has 1 aromatic carbocycles. The van der Waals surface area contributed by atoms with E-state index in [1.165, 1.54) is 23.5 Å². The number of hydrogen-bond acceptors (Lipinski definition) is 6. The molecular formula is C16H11N5O2S. The summed E-state index contributed by atoms with van der Waals surface area (Å²) in [6.07, 6.45) is 3.74. The van der Waals surface area contributed by atoms with Gasteiger partial charge in [-0.3, -0.25) is 14.5 Å². The first-order chi connectivity index (χ1) is 11.7. The average Bonchev–Trinajstić information content (AvgIpc) is 3.22. The van der Waals surface area contributed by atoms with Crippen molar-refractivity contribution >= 4 is 33.5 Å². The minimum Gasteiger partial charge on any atom is -0.332 e. The summed E-state index contributed by atoms with van der Waals surface area (Å²) in [6.45, 7) is 0. The SMILES string of the molecule is O=[N+]([O-])c1ccc(Nc2nc(-c3cnc4ccccn34)cs2)cc1. The minimum absolute atomic E-state index is 0.0612. The maximum atomic E-state index is 10.7. The van der Waals surface area contributed by atoms with Crippen LogP contribution in [0.4, 0.5) is 16.5 Å². The molecule has 0 spiro atoms. The second-order valence-electron chi connectivity index (χ2n) is 5.04. The smallest absolute Gasteiger partial charge is 0.269 e. The first kappa shape index (κ1) is 14.3. The van der Waals surface area contributed by atoms with Crippen LogP contribution in [0.25, 0.3) is 17.0 Å². The third-order valence-corrected chi connectivity index (χ3v) is 4.27. The summed E-state index contributed by atoms with van der Waals surface area (Å²) in [4.78, 5) is 19.2. The van der Waals surface area contributed by atoms with E-state index in [9.17, 15) is 10.1 Å². The fraction of sp³-hybridized carbons (Fsp3) is 0. The summed E-state index contributed by atoms with van der Waals surface area (Å²) in [6, 6.07) is 12.1. The van der Waals surface area contributed by atoms with Gasteiger partial charge in [0.05, 0.1) is 16.8 Å². The molecule has 0 saturated carbocycles. The van der Waals surface area contributed by atoms with E-state index in [4.69, 9.17) is 0 Å². The highest BCUT2D eigenvalue weighted by Crippen LogP contribution is 2.28. The van der Waals surface area contributed by atoms with Crippen LogP contribution in [0.15, 0.2) is 60.2 Å². The predicted molar refractivity (Wildman–Crippen MR) is 92.7 cm³/mol. The van der Waals surface area contributed by atoms with E-state index in [0.717, 1.165) is 22.7 Å². The van der Waals surface area contributed by atoms with Crippen molar-refractivity contribution in [3.05, 3.63) is 70.4 Å². The maximum Gasteiger partial charge on any atom is 0.269 e. The van der Waals surface area contributed by atoms with Gasteiger partial charge in [-0.2, -0.15) is 0 Å². The van der Waals surface area contributed by atoms with Crippen molar-refractivity contribution in [3.8, 4) is 11.4 Å². The number of nitro groups is 1. The number of pyridine rings is 1. The molecule has 0 aliphatic rings. The zero-order valence-corrected chi connectivity index (χ0v) is 13.1. The molecule has 0 radical (unpaired) electrons. The molecule has 0 atom stereocenters. The molecule has 24 heavy (non-hydrogen) atoms. The van der Waals surface area contributed by atoms with Crippen LogP contribution in [0.2, 0.25) is 0 Å². The number of rotatable bonds is 4. The van der Waals surface area contributed by atoms with Gasteiger partial charge in [0.15, 0.2) is 5.13 Å². The van der Waals surface area contributed by atoms with Gasteiger partial charge >= 0.3 is 0 Å². The van der Waals surface area contributed by atoms with Crippen LogP contribution in [0.5, 0.6) is 0 Å². The summed E-state index contributed by atoms with van der Waals surface area (Å²) < 4.78 is 1.98. The highest BCUT2D eigenvalue weighted by molar-refractivity contribution is 7.14. The molecule has 0 aliphatic carbocycles. The van der Waals surface area contributed by atoms with Crippen molar-refractivity contribution in [2.45, 2.75) is 0 Å². The Morgan fingerprint density at radius 1 is 1.17 bits per heavy atom. The number of imidazole rings is 1. The average molecular weight is 337 g/mol. The second-order valence-corrected chi connectivity index (χ2v) is 5.90. The summed E-state index contributed by atoms with van der Waals surface area (Å²) in [5, 5.41) is 16.5. The Balaban J connectivity index is 1.59. The van der Waals surface area contributed by atoms with Crippen LogP contribution >= 0.6 is 11.3 Å². The van der Waals surface area contributed by atoms with Crippen LogP contribution in [-0.4, -0.2) is 19.3 Å².